The summed E-state index contributed by atoms with van der Waals surface area (Å²) in [5, 5.41) is 11.4. The van der Waals surface area contributed by atoms with Crippen LogP contribution in [0.25, 0.3) is 0 Å². The smallest absolute Gasteiger partial charge is 0.319 e. The molecular formula is C20H22Cl2N4O3. The number of urea groups is 1. The van der Waals surface area contributed by atoms with E-state index in [1.165, 1.54) is 6.07 Å². The molecule has 0 aliphatic rings. The van der Waals surface area contributed by atoms with Gasteiger partial charge in [-0.3, -0.25) is 9.59 Å². The third kappa shape index (κ3) is 7.29. The van der Waals surface area contributed by atoms with Crippen molar-refractivity contribution in [2.45, 2.75) is 13.8 Å². The van der Waals surface area contributed by atoms with Crippen molar-refractivity contribution in [2.24, 2.45) is 5.92 Å². The second kappa shape index (κ2) is 10.7. The van der Waals surface area contributed by atoms with Crippen molar-refractivity contribution in [3.8, 4) is 0 Å². The molecule has 0 bridgehead atoms. The van der Waals surface area contributed by atoms with Gasteiger partial charge in [0, 0.05) is 35.9 Å². The van der Waals surface area contributed by atoms with E-state index in [0.717, 1.165) is 0 Å². The zero-order valence-corrected chi connectivity index (χ0v) is 17.5. The number of benzene rings is 2. The maximum absolute atomic E-state index is 12.0. The number of carbonyl (C=O) groups excluding carboxylic acids is 3. The van der Waals surface area contributed by atoms with Gasteiger partial charge in [0.15, 0.2) is 0 Å². The SMILES string of the molecule is CC(C)C(=O)Nc1ccc(NC(=O)NCCNC(=O)c2ccc(Cl)c(Cl)c2)cc1. The minimum atomic E-state index is -0.409. The molecule has 0 atom stereocenters. The Balaban J connectivity index is 1.72. The van der Waals surface area contributed by atoms with Gasteiger partial charge in [-0.15, -0.1) is 0 Å². The van der Waals surface area contributed by atoms with Crippen molar-refractivity contribution < 1.29 is 14.4 Å². The maximum atomic E-state index is 12.0. The van der Waals surface area contributed by atoms with Gasteiger partial charge >= 0.3 is 6.03 Å². The van der Waals surface area contributed by atoms with Gasteiger partial charge in [-0.1, -0.05) is 37.0 Å². The van der Waals surface area contributed by atoms with E-state index in [1.54, 1.807) is 36.4 Å². The summed E-state index contributed by atoms with van der Waals surface area (Å²) in [5.41, 5.74) is 1.61. The molecule has 7 nitrogen and oxygen atoms in total. The summed E-state index contributed by atoms with van der Waals surface area (Å²) >= 11 is 11.7. The average Bonchev–Trinajstić information content (AvgIpc) is 2.68. The van der Waals surface area contributed by atoms with Crippen molar-refractivity contribution >= 4 is 52.4 Å². The zero-order valence-electron chi connectivity index (χ0n) is 16.0. The van der Waals surface area contributed by atoms with Crippen LogP contribution in [0.5, 0.6) is 0 Å². The van der Waals surface area contributed by atoms with Crippen LogP contribution in [-0.2, 0) is 4.79 Å². The van der Waals surface area contributed by atoms with Crippen LogP contribution in [0, 0.1) is 5.92 Å². The first-order valence-electron chi connectivity index (χ1n) is 8.95. The fourth-order valence-electron chi connectivity index (χ4n) is 2.19. The number of rotatable bonds is 7. The lowest BCUT2D eigenvalue weighted by Gasteiger charge is -2.10. The van der Waals surface area contributed by atoms with Crippen LogP contribution in [0.1, 0.15) is 24.2 Å². The first kappa shape index (κ1) is 22.5. The number of carbonyl (C=O) groups is 3. The van der Waals surface area contributed by atoms with Gasteiger partial charge in [0.2, 0.25) is 5.91 Å². The third-order valence-corrected chi connectivity index (χ3v) is 4.55. The van der Waals surface area contributed by atoms with E-state index in [4.69, 9.17) is 23.2 Å². The Bertz CT molecular complexity index is 886. The van der Waals surface area contributed by atoms with Crippen molar-refractivity contribution in [1.82, 2.24) is 10.6 Å². The predicted molar refractivity (Wildman–Crippen MR) is 116 cm³/mol. The highest BCUT2D eigenvalue weighted by atomic mass is 35.5. The molecule has 2 rings (SSSR count). The quantitative estimate of drug-likeness (QED) is 0.490. The number of anilines is 2. The van der Waals surface area contributed by atoms with Gasteiger partial charge in [-0.25, -0.2) is 4.79 Å². The van der Waals surface area contributed by atoms with Gasteiger partial charge in [-0.05, 0) is 42.5 Å². The second-order valence-corrected chi connectivity index (χ2v) is 7.30. The Morgan fingerprint density at radius 3 is 2.00 bits per heavy atom. The van der Waals surface area contributed by atoms with E-state index >= 15 is 0 Å². The van der Waals surface area contributed by atoms with E-state index in [2.05, 4.69) is 21.3 Å². The molecule has 154 valence electrons. The number of hydrogen-bond acceptors (Lipinski definition) is 3. The van der Waals surface area contributed by atoms with Crippen molar-refractivity contribution in [1.29, 1.82) is 0 Å². The molecule has 0 spiro atoms. The van der Waals surface area contributed by atoms with Crippen molar-refractivity contribution in [2.75, 3.05) is 23.7 Å². The molecule has 4 N–H and O–H groups in total. The Hall–Kier alpha value is -2.77. The molecule has 29 heavy (non-hydrogen) atoms. The summed E-state index contributed by atoms with van der Waals surface area (Å²) in [6.45, 7) is 4.10. The van der Waals surface area contributed by atoms with Crippen LogP contribution in [0.15, 0.2) is 42.5 Å². The number of amides is 4. The zero-order chi connectivity index (χ0) is 21.4. The molecule has 4 amide bonds. The second-order valence-electron chi connectivity index (χ2n) is 6.49. The lowest BCUT2D eigenvalue weighted by atomic mass is 10.2. The monoisotopic (exact) mass is 436 g/mol. The lowest BCUT2D eigenvalue weighted by molar-refractivity contribution is -0.118. The fourth-order valence-corrected chi connectivity index (χ4v) is 2.49. The van der Waals surface area contributed by atoms with Crippen LogP contribution in [-0.4, -0.2) is 30.9 Å². The number of hydrogen-bond donors (Lipinski definition) is 4. The highest BCUT2D eigenvalue weighted by Crippen LogP contribution is 2.22. The van der Waals surface area contributed by atoms with Crippen molar-refractivity contribution in [3.05, 3.63) is 58.1 Å². The first-order valence-corrected chi connectivity index (χ1v) is 9.71. The molecule has 0 aliphatic heterocycles. The molecule has 0 unspecified atom stereocenters. The van der Waals surface area contributed by atoms with Gasteiger partial charge < -0.3 is 21.3 Å². The Labute approximate surface area is 179 Å². The molecular weight excluding hydrogens is 415 g/mol. The van der Waals surface area contributed by atoms with Gasteiger partial charge in [0.1, 0.15) is 0 Å². The third-order valence-electron chi connectivity index (χ3n) is 3.81. The highest BCUT2D eigenvalue weighted by Gasteiger charge is 2.09. The van der Waals surface area contributed by atoms with Gasteiger partial charge in [-0.2, -0.15) is 0 Å². The summed E-state index contributed by atoms with van der Waals surface area (Å²) in [7, 11) is 0. The van der Waals surface area contributed by atoms with Gasteiger partial charge in [0.25, 0.3) is 5.91 Å². The Kier molecular flexibility index (Phi) is 8.30. The normalized spacial score (nSPS) is 10.4. The molecule has 0 radical (unpaired) electrons. The predicted octanol–water partition coefficient (Wildman–Crippen LogP) is 4.14. The van der Waals surface area contributed by atoms with E-state index in [-0.39, 0.29) is 30.8 Å². The summed E-state index contributed by atoms with van der Waals surface area (Å²) < 4.78 is 0. The minimum absolute atomic E-state index is 0.0774. The van der Waals surface area contributed by atoms with Crippen LogP contribution >= 0.6 is 23.2 Å². The molecule has 2 aromatic carbocycles. The van der Waals surface area contributed by atoms with Crippen LogP contribution in [0.4, 0.5) is 16.2 Å². The molecule has 0 heterocycles. The van der Waals surface area contributed by atoms with Crippen LogP contribution in [0.3, 0.4) is 0 Å². The van der Waals surface area contributed by atoms with E-state index in [9.17, 15) is 14.4 Å². The molecule has 9 heteroatoms. The molecule has 0 fully saturated rings. The number of nitrogens with one attached hydrogen (secondary N) is 4. The molecule has 0 saturated carbocycles. The average molecular weight is 437 g/mol. The maximum Gasteiger partial charge on any atom is 0.319 e. The van der Waals surface area contributed by atoms with Crippen LogP contribution < -0.4 is 21.3 Å². The Morgan fingerprint density at radius 2 is 1.41 bits per heavy atom. The standard InChI is InChI=1S/C20H22Cl2N4O3/c1-12(2)18(27)25-14-4-6-15(7-5-14)26-20(29)24-10-9-23-19(28)13-3-8-16(21)17(22)11-13/h3-8,11-12H,9-10H2,1-2H3,(H,23,28)(H,25,27)(H2,24,26,29). The van der Waals surface area contributed by atoms with Gasteiger partial charge in [0.05, 0.1) is 10.0 Å². The summed E-state index contributed by atoms with van der Waals surface area (Å²) in [6.07, 6.45) is 0. The topological polar surface area (TPSA) is 99.3 Å². The molecule has 2 aromatic rings. The summed E-state index contributed by atoms with van der Waals surface area (Å²) in [5.74, 6) is -0.507. The number of halogens is 2. The Morgan fingerprint density at radius 1 is 0.828 bits per heavy atom. The van der Waals surface area contributed by atoms with Crippen molar-refractivity contribution in [3.63, 3.8) is 0 Å². The highest BCUT2D eigenvalue weighted by molar-refractivity contribution is 6.42. The van der Waals surface area contributed by atoms with E-state index in [1.807, 2.05) is 13.8 Å². The molecule has 0 aromatic heterocycles. The minimum Gasteiger partial charge on any atom is -0.350 e. The fraction of sp³-hybridized carbons (Fsp3) is 0.250. The van der Waals surface area contributed by atoms with E-state index < -0.39 is 6.03 Å². The summed E-state index contributed by atoms with van der Waals surface area (Å²) in [4.78, 5) is 35.6. The summed E-state index contributed by atoms with van der Waals surface area (Å²) in [6, 6.07) is 10.9. The lowest BCUT2D eigenvalue weighted by Crippen LogP contribution is -2.36. The van der Waals surface area contributed by atoms with E-state index in [0.29, 0.717) is 27.0 Å². The first-order chi connectivity index (χ1) is 13.8. The molecule has 0 aliphatic carbocycles. The molecule has 0 saturated heterocycles. The largest absolute Gasteiger partial charge is 0.350 e. The van der Waals surface area contributed by atoms with Crippen LogP contribution in [0.2, 0.25) is 10.0 Å².